The number of aryl methyl sites for hydroxylation is 1. The third-order valence-corrected chi connectivity index (χ3v) is 8.77. The van der Waals surface area contributed by atoms with E-state index >= 15 is 0 Å². The number of rotatable bonds is 8. The molecule has 0 spiro atoms. The lowest BCUT2D eigenvalue weighted by molar-refractivity contribution is 0.0602. The van der Waals surface area contributed by atoms with Gasteiger partial charge in [0.2, 0.25) is 0 Å². The van der Waals surface area contributed by atoms with E-state index in [1.165, 1.54) is 5.56 Å². The number of hydrogen-bond acceptors (Lipinski definition) is 5. The summed E-state index contributed by atoms with van der Waals surface area (Å²) in [6, 6.07) is 13.1. The summed E-state index contributed by atoms with van der Waals surface area (Å²) >= 11 is 0. The molecule has 2 aliphatic rings. The molecular weight excluding hydrogens is 450 g/mol. The van der Waals surface area contributed by atoms with E-state index in [4.69, 9.17) is 9.47 Å². The topological polar surface area (TPSA) is 73.7 Å². The molecule has 0 N–H and O–H groups in total. The van der Waals surface area contributed by atoms with Crippen LogP contribution in [0.1, 0.15) is 31.7 Å². The molecule has 34 heavy (non-hydrogen) atoms. The molecule has 2 fully saturated rings. The van der Waals surface area contributed by atoms with Crippen LogP contribution in [0.2, 0.25) is 0 Å². The van der Waals surface area contributed by atoms with Crippen molar-refractivity contribution in [2.24, 2.45) is 11.8 Å². The molecule has 182 valence electrons. The second-order valence-electron chi connectivity index (χ2n) is 9.41. The minimum Gasteiger partial charge on any atom is -0.381 e. The van der Waals surface area contributed by atoms with Crippen molar-refractivity contribution in [2.75, 3.05) is 37.3 Å². The quantitative estimate of drug-likeness (QED) is 0.479. The van der Waals surface area contributed by atoms with E-state index in [0.29, 0.717) is 36.3 Å². The van der Waals surface area contributed by atoms with Gasteiger partial charge in [0.05, 0.1) is 22.7 Å². The number of hydrogen-bond donors (Lipinski definition) is 0. The SMILES string of the molecule is CCc1ccc(N(CC2CCOC2)S(=O)(=O)c2ccc3nn(CC4CCOCC4)cc3c2)cc1. The van der Waals surface area contributed by atoms with E-state index < -0.39 is 10.0 Å². The van der Waals surface area contributed by atoms with Gasteiger partial charge in [0.25, 0.3) is 10.0 Å². The lowest BCUT2D eigenvalue weighted by Gasteiger charge is -2.27. The van der Waals surface area contributed by atoms with Gasteiger partial charge in [-0.15, -0.1) is 0 Å². The fraction of sp³-hybridized carbons (Fsp3) is 0.500. The summed E-state index contributed by atoms with van der Waals surface area (Å²) in [7, 11) is -3.75. The number of benzene rings is 2. The van der Waals surface area contributed by atoms with E-state index in [1.54, 1.807) is 16.4 Å². The maximum Gasteiger partial charge on any atom is 0.264 e. The minimum absolute atomic E-state index is 0.187. The van der Waals surface area contributed by atoms with E-state index in [1.807, 2.05) is 41.2 Å². The molecule has 2 aliphatic heterocycles. The molecule has 0 aliphatic carbocycles. The van der Waals surface area contributed by atoms with Crippen LogP contribution in [0, 0.1) is 11.8 Å². The Morgan fingerprint density at radius 2 is 1.74 bits per heavy atom. The minimum atomic E-state index is -3.75. The summed E-state index contributed by atoms with van der Waals surface area (Å²) in [4.78, 5) is 0.295. The van der Waals surface area contributed by atoms with Crippen LogP contribution in [0.4, 0.5) is 5.69 Å². The number of fused-ring (bicyclic) bond motifs is 1. The lowest BCUT2D eigenvalue weighted by atomic mass is 10.0. The maximum absolute atomic E-state index is 13.9. The summed E-state index contributed by atoms with van der Waals surface area (Å²) in [5.74, 6) is 0.730. The Kier molecular flexibility index (Phi) is 6.90. The number of ether oxygens (including phenoxy) is 2. The van der Waals surface area contributed by atoms with E-state index in [9.17, 15) is 8.42 Å². The molecule has 3 aromatic rings. The molecule has 7 nitrogen and oxygen atoms in total. The van der Waals surface area contributed by atoms with Gasteiger partial charge < -0.3 is 9.47 Å². The van der Waals surface area contributed by atoms with Crippen LogP contribution in [0.3, 0.4) is 0 Å². The van der Waals surface area contributed by atoms with Gasteiger partial charge in [0, 0.05) is 50.4 Å². The fourth-order valence-electron chi connectivity index (χ4n) is 4.83. The highest BCUT2D eigenvalue weighted by Crippen LogP contribution is 2.29. The van der Waals surface area contributed by atoms with Crippen LogP contribution in [0.25, 0.3) is 10.9 Å². The van der Waals surface area contributed by atoms with Crippen LogP contribution >= 0.6 is 0 Å². The Labute approximate surface area is 201 Å². The van der Waals surface area contributed by atoms with Gasteiger partial charge >= 0.3 is 0 Å². The molecule has 1 aromatic heterocycles. The number of anilines is 1. The Hall–Kier alpha value is -2.42. The van der Waals surface area contributed by atoms with Gasteiger partial charge in [0.1, 0.15) is 0 Å². The van der Waals surface area contributed by atoms with Gasteiger partial charge in [0.15, 0.2) is 0 Å². The predicted molar refractivity (Wildman–Crippen MR) is 133 cm³/mol. The standard InChI is InChI=1S/C26H33N3O4S/c1-2-20-3-5-24(6-4-20)29(17-22-11-14-33-19-22)34(30,31)25-7-8-26-23(15-25)18-28(27-26)16-21-9-12-32-13-10-21/h3-8,15,18,21-22H,2,9-14,16-17,19H2,1H3. The summed E-state index contributed by atoms with van der Waals surface area (Å²) in [5.41, 5.74) is 2.69. The van der Waals surface area contributed by atoms with Gasteiger partial charge in [-0.25, -0.2) is 8.42 Å². The van der Waals surface area contributed by atoms with Crippen molar-refractivity contribution in [2.45, 2.75) is 44.0 Å². The van der Waals surface area contributed by atoms with Gasteiger partial charge in [-0.3, -0.25) is 8.99 Å². The Morgan fingerprint density at radius 3 is 2.44 bits per heavy atom. The van der Waals surface area contributed by atoms with Crippen molar-refractivity contribution < 1.29 is 17.9 Å². The summed E-state index contributed by atoms with van der Waals surface area (Å²) in [6.45, 7) is 6.22. The monoisotopic (exact) mass is 483 g/mol. The zero-order valence-electron chi connectivity index (χ0n) is 19.7. The molecule has 8 heteroatoms. The normalized spacial score (nSPS) is 19.6. The predicted octanol–water partition coefficient (Wildman–Crippen LogP) is 4.26. The Balaban J connectivity index is 1.44. The molecule has 5 rings (SSSR count). The first-order valence-electron chi connectivity index (χ1n) is 12.3. The van der Waals surface area contributed by atoms with Crippen LogP contribution in [-0.2, 0) is 32.5 Å². The number of aromatic nitrogens is 2. The fourth-order valence-corrected chi connectivity index (χ4v) is 6.41. The first-order chi connectivity index (χ1) is 16.5. The third kappa shape index (κ3) is 4.99. The van der Waals surface area contributed by atoms with Crippen LogP contribution in [-0.4, -0.2) is 51.2 Å². The molecule has 0 radical (unpaired) electrons. The highest BCUT2D eigenvalue weighted by atomic mass is 32.2. The first-order valence-corrected chi connectivity index (χ1v) is 13.7. The van der Waals surface area contributed by atoms with Crippen molar-refractivity contribution in [3.8, 4) is 0 Å². The zero-order valence-corrected chi connectivity index (χ0v) is 20.5. The van der Waals surface area contributed by atoms with Crippen LogP contribution in [0.15, 0.2) is 53.6 Å². The molecular formula is C26H33N3O4S. The summed E-state index contributed by atoms with van der Waals surface area (Å²) in [5, 5.41) is 5.53. The maximum atomic E-state index is 13.9. The molecule has 0 amide bonds. The lowest BCUT2D eigenvalue weighted by Crippen LogP contribution is -2.35. The van der Waals surface area contributed by atoms with Crippen molar-refractivity contribution in [1.82, 2.24) is 9.78 Å². The first kappa shape index (κ1) is 23.3. The second kappa shape index (κ2) is 10.1. The second-order valence-corrected chi connectivity index (χ2v) is 11.3. The smallest absolute Gasteiger partial charge is 0.264 e. The van der Waals surface area contributed by atoms with Gasteiger partial charge in [-0.05, 0) is 67.5 Å². The van der Waals surface area contributed by atoms with Crippen molar-refractivity contribution in [3.63, 3.8) is 0 Å². The van der Waals surface area contributed by atoms with Crippen molar-refractivity contribution in [3.05, 3.63) is 54.2 Å². The highest BCUT2D eigenvalue weighted by Gasteiger charge is 2.30. The molecule has 3 heterocycles. The molecule has 0 bridgehead atoms. The Bertz CT molecular complexity index is 1210. The molecule has 2 saturated heterocycles. The number of nitrogens with zero attached hydrogens (tertiary/aromatic N) is 3. The van der Waals surface area contributed by atoms with Gasteiger partial charge in [-0.1, -0.05) is 19.1 Å². The largest absolute Gasteiger partial charge is 0.381 e. The average molecular weight is 484 g/mol. The number of sulfonamides is 1. The third-order valence-electron chi connectivity index (χ3n) is 6.98. The molecule has 1 unspecified atom stereocenters. The van der Waals surface area contributed by atoms with Crippen LogP contribution < -0.4 is 4.31 Å². The molecule has 0 saturated carbocycles. The average Bonchev–Trinajstić information content (AvgIpc) is 3.52. The molecule has 2 aromatic carbocycles. The van der Waals surface area contributed by atoms with E-state index in [-0.39, 0.29) is 5.92 Å². The Morgan fingerprint density at radius 1 is 1.00 bits per heavy atom. The van der Waals surface area contributed by atoms with E-state index in [0.717, 1.165) is 56.3 Å². The highest BCUT2D eigenvalue weighted by molar-refractivity contribution is 7.92. The molecule has 1 atom stereocenters. The van der Waals surface area contributed by atoms with Crippen molar-refractivity contribution >= 4 is 26.6 Å². The van der Waals surface area contributed by atoms with E-state index in [2.05, 4.69) is 12.0 Å². The zero-order chi connectivity index (χ0) is 23.5. The summed E-state index contributed by atoms with van der Waals surface area (Å²) in [6.07, 6.45) is 5.82. The van der Waals surface area contributed by atoms with Gasteiger partial charge in [-0.2, -0.15) is 5.10 Å². The summed E-state index contributed by atoms with van der Waals surface area (Å²) < 4.78 is 42.3. The van der Waals surface area contributed by atoms with Crippen molar-refractivity contribution in [1.29, 1.82) is 0 Å². The van der Waals surface area contributed by atoms with Crippen LogP contribution in [0.5, 0.6) is 0 Å².